The molecular weight excluding hydrogens is 480 g/mol. The highest BCUT2D eigenvalue weighted by molar-refractivity contribution is 9.10. The van der Waals surface area contributed by atoms with Crippen molar-refractivity contribution in [3.8, 4) is 0 Å². The number of likely N-dealkylation sites (N-methyl/N-ethyl adjacent to an activating group) is 1. The topological polar surface area (TPSA) is 60.9 Å². The third kappa shape index (κ3) is 5.39. The Kier molecular flexibility index (Phi) is 7.80. The van der Waals surface area contributed by atoms with Crippen molar-refractivity contribution in [2.45, 2.75) is 46.1 Å². The average Bonchev–Trinajstić information content (AvgIpc) is 3.04. The van der Waals surface area contributed by atoms with E-state index in [9.17, 15) is 14.7 Å². The molecule has 0 bridgehead atoms. The van der Waals surface area contributed by atoms with Crippen molar-refractivity contribution in [3.05, 3.63) is 75.3 Å². The molecule has 1 aliphatic heterocycles. The van der Waals surface area contributed by atoms with Gasteiger partial charge in [0.1, 0.15) is 5.76 Å². The summed E-state index contributed by atoms with van der Waals surface area (Å²) in [6.45, 7) is 13.4. The smallest absolute Gasteiger partial charge is 0.295 e. The van der Waals surface area contributed by atoms with Crippen LogP contribution in [0.3, 0.4) is 0 Å². The number of amides is 1. The van der Waals surface area contributed by atoms with E-state index in [2.05, 4.69) is 55.4 Å². The second-order valence-corrected chi connectivity index (χ2v) is 10.3. The van der Waals surface area contributed by atoms with Gasteiger partial charge in [0.2, 0.25) is 0 Å². The lowest BCUT2D eigenvalue weighted by atomic mass is 9.85. The second-order valence-electron chi connectivity index (χ2n) is 9.40. The first-order valence-electron chi connectivity index (χ1n) is 11.5. The zero-order valence-electron chi connectivity index (χ0n) is 20.1. The summed E-state index contributed by atoms with van der Waals surface area (Å²) in [5.41, 5.74) is 2.63. The van der Waals surface area contributed by atoms with Crippen molar-refractivity contribution in [2.24, 2.45) is 0 Å². The molecule has 0 spiro atoms. The molecule has 1 fully saturated rings. The Morgan fingerprint density at radius 2 is 1.58 bits per heavy atom. The zero-order chi connectivity index (χ0) is 24.3. The van der Waals surface area contributed by atoms with Crippen molar-refractivity contribution in [1.29, 1.82) is 0 Å². The number of benzene rings is 2. The number of nitrogens with zero attached hydrogens (tertiary/aromatic N) is 2. The summed E-state index contributed by atoms with van der Waals surface area (Å²) in [6.07, 6.45) is 0. The zero-order valence-corrected chi connectivity index (χ0v) is 21.6. The summed E-state index contributed by atoms with van der Waals surface area (Å²) < 4.78 is 0.869. The van der Waals surface area contributed by atoms with Crippen molar-refractivity contribution >= 4 is 33.4 Å². The number of rotatable bonds is 7. The van der Waals surface area contributed by atoms with Crippen LogP contribution in [0, 0.1) is 0 Å². The lowest BCUT2D eigenvalue weighted by molar-refractivity contribution is -0.140. The number of aliphatic hydroxyl groups excluding tert-OH is 1. The summed E-state index contributed by atoms with van der Waals surface area (Å²) >= 11 is 3.40. The molecule has 1 saturated heterocycles. The van der Waals surface area contributed by atoms with Gasteiger partial charge in [-0.2, -0.15) is 0 Å². The first-order chi connectivity index (χ1) is 15.6. The molecule has 1 atom stereocenters. The summed E-state index contributed by atoms with van der Waals surface area (Å²) in [7, 11) is 0. The van der Waals surface area contributed by atoms with Crippen LogP contribution < -0.4 is 0 Å². The fourth-order valence-corrected chi connectivity index (χ4v) is 4.44. The van der Waals surface area contributed by atoms with E-state index in [-0.39, 0.29) is 16.7 Å². The third-order valence-corrected chi connectivity index (χ3v) is 6.83. The molecule has 2 aromatic rings. The summed E-state index contributed by atoms with van der Waals surface area (Å²) in [6, 6.07) is 14.5. The first kappa shape index (κ1) is 25.2. The number of carbonyl (C=O) groups excluding carboxylic acids is 2. The minimum absolute atomic E-state index is 0.0134. The Balaban J connectivity index is 2.10. The van der Waals surface area contributed by atoms with Crippen LogP contribution in [0.5, 0.6) is 0 Å². The highest BCUT2D eigenvalue weighted by Gasteiger charge is 2.46. The Morgan fingerprint density at radius 1 is 1.00 bits per heavy atom. The fraction of sp³-hybridized carbons (Fsp3) is 0.407. The summed E-state index contributed by atoms with van der Waals surface area (Å²) in [5.74, 6) is -1.35. The second kappa shape index (κ2) is 10.2. The van der Waals surface area contributed by atoms with Gasteiger partial charge < -0.3 is 14.9 Å². The van der Waals surface area contributed by atoms with Crippen LogP contribution in [0.4, 0.5) is 0 Å². The van der Waals surface area contributed by atoms with E-state index >= 15 is 0 Å². The molecule has 3 rings (SSSR count). The number of hydrogen-bond acceptors (Lipinski definition) is 4. The van der Waals surface area contributed by atoms with Gasteiger partial charge in [-0.05, 0) is 41.8 Å². The first-order valence-corrected chi connectivity index (χ1v) is 12.2. The van der Waals surface area contributed by atoms with Gasteiger partial charge in [0, 0.05) is 23.1 Å². The SMILES string of the molecule is CCN(CC)CCN1C(=O)C(=O)/C(=C(\O)c2ccc(Br)cc2)C1c1ccc(C(C)(C)C)cc1. The molecule has 1 N–H and O–H groups in total. The van der Waals surface area contributed by atoms with Crippen LogP contribution in [0.2, 0.25) is 0 Å². The molecule has 6 heteroatoms. The van der Waals surface area contributed by atoms with E-state index in [1.54, 1.807) is 29.2 Å². The van der Waals surface area contributed by atoms with E-state index in [0.717, 1.165) is 23.1 Å². The van der Waals surface area contributed by atoms with Crippen LogP contribution in [0.25, 0.3) is 5.76 Å². The van der Waals surface area contributed by atoms with E-state index in [1.807, 2.05) is 24.3 Å². The van der Waals surface area contributed by atoms with Gasteiger partial charge in [0.05, 0.1) is 11.6 Å². The number of aliphatic hydroxyl groups is 1. The van der Waals surface area contributed by atoms with Gasteiger partial charge >= 0.3 is 0 Å². The Bertz CT molecular complexity index is 1030. The maximum atomic E-state index is 13.2. The molecule has 1 amide bonds. The standard InChI is InChI=1S/C27H33BrN2O3/c1-6-29(7-2)16-17-30-23(18-8-12-20(13-9-18)27(3,4)5)22(25(32)26(30)33)24(31)19-10-14-21(28)15-11-19/h8-15,23,31H,6-7,16-17H2,1-5H3/b24-22-. The molecular formula is C27H33BrN2O3. The van der Waals surface area contributed by atoms with E-state index in [1.165, 1.54) is 5.56 Å². The minimum atomic E-state index is -0.639. The maximum Gasteiger partial charge on any atom is 0.295 e. The van der Waals surface area contributed by atoms with Crippen LogP contribution >= 0.6 is 15.9 Å². The van der Waals surface area contributed by atoms with E-state index in [0.29, 0.717) is 18.7 Å². The van der Waals surface area contributed by atoms with Crippen molar-refractivity contribution in [2.75, 3.05) is 26.2 Å². The van der Waals surface area contributed by atoms with Crippen LogP contribution in [-0.4, -0.2) is 52.8 Å². The van der Waals surface area contributed by atoms with Gasteiger partial charge in [0.25, 0.3) is 11.7 Å². The van der Waals surface area contributed by atoms with Gasteiger partial charge in [0.15, 0.2) is 0 Å². The third-order valence-electron chi connectivity index (χ3n) is 6.30. The minimum Gasteiger partial charge on any atom is -0.507 e. The highest BCUT2D eigenvalue weighted by Crippen LogP contribution is 2.40. The number of likely N-dealkylation sites (tertiary alicyclic amines) is 1. The van der Waals surface area contributed by atoms with Crippen molar-refractivity contribution < 1.29 is 14.7 Å². The van der Waals surface area contributed by atoms with E-state index < -0.39 is 17.7 Å². The van der Waals surface area contributed by atoms with Crippen LogP contribution in [-0.2, 0) is 15.0 Å². The number of ketones is 1. The molecule has 1 unspecified atom stereocenters. The number of Topliss-reactive ketones (excluding diaryl/α,β-unsaturated/α-hetero) is 1. The molecule has 2 aromatic carbocycles. The molecule has 0 aromatic heterocycles. The van der Waals surface area contributed by atoms with Crippen molar-refractivity contribution in [1.82, 2.24) is 9.80 Å². The predicted molar refractivity (Wildman–Crippen MR) is 136 cm³/mol. The normalized spacial score (nSPS) is 18.4. The van der Waals surface area contributed by atoms with E-state index in [4.69, 9.17) is 0 Å². The lowest BCUT2D eigenvalue weighted by Crippen LogP contribution is -2.38. The Morgan fingerprint density at radius 3 is 2.09 bits per heavy atom. The molecule has 1 heterocycles. The molecule has 5 nitrogen and oxygen atoms in total. The number of hydrogen-bond donors (Lipinski definition) is 1. The largest absolute Gasteiger partial charge is 0.507 e. The quantitative estimate of drug-likeness (QED) is 0.301. The monoisotopic (exact) mass is 512 g/mol. The molecule has 176 valence electrons. The fourth-order valence-electron chi connectivity index (χ4n) is 4.17. The van der Waals surface area contributed by atoms with Gasteiger partial charge in [-0.15, -0.1) is 0 Å². The van der Waals surface area contributed by atoms with Crippen LogP contribution in [0.15, 0.2) is 58.6 Å². The molecule has 0 saturated carbocycles. The predicted octanol–water partition coefficient (Wildman–Crippen LogP) is 5.51. The molecule has 0 aliphatic carbocycles. The maximum absolute atomic E-state index is 13.2. The number of carbonyl (C=O) groups is 2. The summed E-state index contributed by atoms with van der Waals surface area (Å²) in [4.78, 5) is 30.1. The van der Waals surface area contributed by atoms with Gasteiger partial charge in [-0.3, -0.25) is 9.59 Å². The molecule has 33 heavy (non-hydrogen) atoms. The number of halogens is 1. The average molecular weight is 513 g/mol. The lowest BCUT2D eigenvalue weighted by Gasteiger charge is -2.28. The van der Waals surface area contributed by atoms with Crippen molar-refractivity contribution in [3.63, 3.8) is 0 Å². The molecule has 0 radical (unpaired) electrons. The van der Waals surface area contributed by atoms with Gasteiger partial charge in [-0.25, -0.2) is 0 Å². The van der Waals surface area contributed by atoms with Gasteiger partial charge in [-0.1, -0.05) is 86.9 Å². The highest BCUT2D eigenvalue weighted by atomic mass is 79.9. The Hall–Kier alpha value is -2.44. The Labute approximate surface area is 205 Å². The summed E-state index contributed by atoms with van der Waals surface area (Å²) in [5, 5.41) is 11.2. The molecule has 1 aliphatic rings. The van der Waals surface area contributed by atoms with Crippen LogP contribution in [0.1, 0.15) is 57.4 Å².